The molecular weight excluding hydrogens is 230 g/mol. The minimum absolute atomic E-state index is 0.133. The van der Waals surface area contributed by atoms with Gasteiger partial charge in [0.15, 0.2) is 0 Å². The van der Waals surface area contributed by atoms with E-state index in [1.807, 2.05) is 0 Å². The first-order valence-corrected chi connectivity index (χ1v) is 5.73. The molecule has 5 heteroatoms. The van der Waals surface area contributed by atoms with E-state index in [1.165, 1.54) is 0 Å². The van der Waals surface area contributed by atoms with Crippen LogP contribution in [0.4, 0.5) is 0 Å². The second-order valence-corrected chi connectivity index (χ2v) is 3.99. The van der Waals surface area contributed by atoms with Gasteiger partial charge in [0, 0.05) is 36.5 Å². The lowest BCUT2D eigenvalue weighted by Crippen LogP contribution is -2.26. The first kappa shape index (κ1) is 12.2. The molecule has 1 amide bonds. The number of hydrogen-bond acceptors (Lipinski definition) is 3. The number of H-pyrrole nitrogens is 1. The van der Waals surface area contributed by atoms with Crippen LogP contribution in [0.5, 0.6) is 5.75 Å². The number of nitrogens with one attached hydrogen (secondary N) is 2. The summed E-state index contributed by atoms with van der Waals surface area (Å²) in [4.78, 5) is 18.9. The van der Waals surface area contributed by atoms with Crippen molar-refractivity contribution in [2.45, 2.75) is 13.3 Å². The fourth-order valence-electron chi connectivity index (χ4n) is 1.69. The molecule has 2 aromatic rings. The van der Waals surface area contributed by atoms with Gasteiger partial charge in [-0.15, -0.1) is 0 Å². The topological polar surface area (TPSA) is 78.0 Å². The minimum atomic E-state index is -0.185. The van der Waals surface area contributed by atoms with Gasteiger partial charge >= 0.3 is 0 Å². The number of aromatic amines is 1. The van der Waals surface area contributed by atoms with Gasteiger partial charge in [-0.25, -0.2) is 4.98 Å². The maximum absolute atomic E-state index is 11.9. The van der Waals surface area contributed by atoms with Gasteiger partial charge in [-0.1, -0.05) is 6.07 Å². The Labute approximate surface area is 105 Å². The minimum Gasteiger partial charge on any atom is -0.508 e. The molecule has 1 aromatic heterocycles. The summed E-state index contributed by atoms with van der Waals surface area (Å²) in [6.07, 6.45) is 4.07. The van der Waals surface area contributed by atoms with E-state index in [-0.39, 0.29) is 11.7 Å². The molecule has 3 N–H and O–H groups in total. The average Bonchev–Trinajstić information content (AvgIpc) is 2.85. The van der Waals surface area contributed by atoms with Crippen molar-refractivity contribution in [1.29, 1.82) is 0 Å². The van der Waals surface area contributed by atoms with Gasteiger partial charge in [-0.2, -0.15) is 0 Å². The predicted molar refractivity (Wildman–Crippen MR) is 67.5 cm³/mol. The Hall–Kier alpha value is -2.30. The molecule has 18 heavy (non-hydrogen) atoms. The Morgan fingerprint density at radius 2 is 2.33 bits per heavy atom. The molecule has 0 bridgehead atoms. The number of aromatic nitrogens is 2. The van der Waals surface area contributed by atoms with Crippen LogP contribution >= 0.6 is 0 Å². The Balaban J connectivity index is 1.93. The first-order chi connectivity index (χ1) is 8.68. The molecule has 0 saturated carbocycles. The zero-order valence-electron chi connectivity index (χ0n) is 10.1. The number of phenols is 1. The molecule has 0 saturated heterocycles. The standard InChI is InChI=1S/C13H15N3O2/c1-9-10(3-2-4-11(9)17)13(18)16-6-5-12-14-7-8-15-12/h2-4,7-8,17H,5-6H2,1H3,(H,14,15)(H,16,18). The molecule has 0 aliphatic rings. The summed E-state index contributed by atoms with van der Waals surface area (Å²) >= 11 is 0. The maximum atomic E-state index is 11.9. The van der Waals surface area contributed by atoms with Crippen molar-refractivity contribution in [3.05, 3.63) is 47.5 Å². The SMILES string of the molecule is Cc1c(O)cccc1C(=O)NCCc1ncc[nH]1. The van der Waals surface area contributed by atoms with Crippen LogP contribution < -0.4 is 5.32 Å². The number of aromatic hydroxyl groups is 1. The van der Waals surface area contributed by atoms with Crippen molar-refractivity contribution < 1.29 is 9.90 Å². The molecule has 0 fully saturated rings. The van der Waals surface area contributed by atoms with Gasteiger partial charge in [0.25, 0.3) is 5.91 Å². The van der Waals surface area contributed by atoms with E-state index >= 15 is 0 Å². The third-order valence-corrected chi connectivity index (χ3v) is 2.75. The smallest absolute Gasteiger partial charge is 0.251 e. The second-order valence-electron chi connectivity index (χ2n) is 3.99. The Morgan fingerprint density at radius 3 is 3.06 bits per heavy atom. The van der Waals surface area contributed by atoms with Crippen LogP contribution in [0.1, 0.15) is 21.7 Å². The third-order valence-electron chi connectivity index (χ3n) is 2.75. The molecule has 0 aliphatic carbocycles. The summed E-state index contributed by atoms with van der Waals surface area (Å²) in [5.41, 5.74) is 1.09. The monoisotopic (exact) mass is 245 g/mol. The molecular formula is C13H15N3O2. The highest BCUT2D eigenvalue weighted by Crippen LogP contribution is 2.19. The highest BCUT2D eigenvalue weighted by atomic mass is 16.3. The van der Waals surface area contributed by atoms with Gasteiger partial charge in [0.2, 0.25) is 0 Å². The van der Waals surface area contributed by atoms with Crippen LogP contribution in [0, 0.1) is 6.92 Å². The molecule has 1 aromatic carbocycles. The molecule has 0 atom stereocenters. The highest BCUT2D eigenvalue weighted by Gasteiger charge is 2.10. The van der Waals surface area contributed by atoms with Gasteiger partial charge in [-0.05, 0) is 19.1 Å². The molecule has 0 spiro atoms. The Bertz CT molecular complexity index is 535. The van der Waals surface area contributed by atoms with Gasteiger partial charge < -0.3 is 15.4 Å². The van der Waals surface area contributed by atoms with E-state index in [1.54, 1.807) is 37.5 Å². The van der Waals surface area contributed by atoms with Crippen LogP contribution in [0.2, 0.25) is 0 Å². The summed E-state index contributed by atoms with van der Waals surface area (Å²) in [6, 6.07) is 4.91. The van der Waals surface area contributed by atoms with Crippen molar-refractivity contribution >= 4 is 5.91 Å². The molecule has 5 nitrogen and oxygen atoms in total. The number of phenolic OH excluding ortho intramolecular Hbond substituents is 1. The number of amides is 1. The Kier molecular flexibility index (Phi) is 3.62. The highest BCUT2D eigenvalue weighted by molar-refractivity contribution is 5.96. The number of carbonyl (C=O) groups excluding carboxylic acids is 1. The van der Waals surface area contributed by atoms with E-state index in [0.717, 1.165) is 5.82 Å². The maximum Gasteiger partial charge on any atom is 0.251 e. The lowest BCUT2D eigenvalue weighted by atomic mass is 10.1. The largest absolute Gasteiger partial charge is 0.508 e. The number of carbonyl (C=O) groups is 1. The van der Waals surface area contributed by atoms with Crippen LogP contribution in [-0.4, -0.2) is 27.5 Å². The lowest BCUT2D eigenvalue weighted by molar-refractivity contribution is 0.0953. The molecule has 94 valence electrons. The van der Waals surface area contributed by atoms with Gasteiger partial charge in [-0.3, -0.25) is 4.79 Å². The molecule has 0 aliphatic heterocycles. The fraction of sp³-hybridized carbons (Fsp3) is 0.231. The van der Waals surface area contributed by atoms with E-state index in [9.17, 15) is 9.90 Å². The van der Waals surface area contributed by atoms with E-state index in [2.05, 4.69) is 15.3 Å². The van der Waals surface area contributed by atoms with Crippen molar-refractivity contribution in [1.82, 2.24) is 15.3 Å². The fourth-order valence-corrected chi connectivity index (χ4v) is 1.69. The van der Waals surface area contributed by atoms with Gasteiger partial charge in [0.1, 0.15) is 11.6 Å². The Morgan fingerprint density at radius 1 is 1.50 bits per heavy atom. The summed E-state index contributed by atoms with van der Waals surface area (Å²) in [7, 11) is 0. The summed E-state index contributed by atoms with van der Waals surface area (Å²) in [6.45, 7) is 2.22. The van der Waals surface area contributed by atoms with E-state index in [4.69, 9.17) is 0 Å². The average molecular weight is 245 g/mol. The van der Waals surface area contributed by atoms with E-state index in [0.29, 0.717) is 24.1 Å². The van der Waals surface area contributed by atoms with Gasteiger partial charge in [0.05, 0.1) is 0 Å². The van der Waals surface area contributed by atoms with Crippen LogP contribution in [0.15, 0.2) is 30.6 Å². The number of rotatable bonds is 4. The zero-order chi connectivity index (χ0) is 13.0. The molecule has 0 radical (unpaired) electrons. The number of nitrogens with zero attached hydrogens (tertiary/aromatic N) is 1. The normalized spacial score (nSPS) is 10.3. The lowest BCUT2D eigenvalue weighted by Gasteiger charge is -2.08. The second kappa shape index (κ2) is 5.35. The first-order valence-electron chi connectivity index (χ1n) is 5.73. The molecule has 2 rings (SSSR count). The summed E-state index contributed by atoms with van der Waals surface area (Å²) < 4.78 is 0. The van der Waals surface area contributed by atoms with Crippen molar-refractivity contribution in [3.8, 4) is 5.75 Å². The van der Waals surface area contributed by atoms with Crippen molar-refractivity contribution in [2.24, 2.45) is 0 Å². The quantitative estimate of drug-likeness (QED) is 0.761. The molecule has 0 unspecified atom stereocenters. The van der Waals surface area contributed by atoms with Crippen LogP contribution in [-0.2, 0) is 6.42 Å². The zero-order valence-corrected chi connectivity index (χ0v) is 10.1. The van der Waals surface area contributed by atoms with Crippen molar-refractivity contribution in [2.75, 3.05) is 6.54 Å². The number of benzene rings is 1. The number of hydrogen-bond donors (Lipinski definition) is 3. The van der Waals surface area contributed by atoms with E-state index < -0.39 is 0 Å². The predicted octanol–water partition coefficient (Wildman–Crippen LogP) is 1.40. The summed E-state index contributed by atoms with van der Waals surface area (Å²) in [5, 5.41) is 12.3. The van der Waals surface area contributed by atoms with Crippen LogP contribution in [0.3, 0.4) is 0 Å². The number of imidazole rings is 1. The summed E-state index contributed by atoms with van der Waals surface area (Å²) in [5.74, 6) is 0.784. The van der Waals surface area contributed by atoms with Crippen molar-refractivity contribution in [3.63, 3.8) is 0 Å². The van der Waals surface area contributed by atoms with Crippen LogP contribution in [0.25, 0.3) is 0 Å². The third kappa shape index (κ3) is 2.68. The molecule has 1 heterocycles.